The Bertz CT molecular complexity index is 566. The van der Waals surface area contributed by atoms with E-state index in [1.165, 1.54) is 18.9 Å². The van der Waals surface area contributed by atoms with Crippen LogP contribution in [-0.4, -0.2) is 11.0 Å². The molecule has 0 bridgehead atoms. The quantitative estimate of drug-likeness (QED) is 0.922. The summed E-state index contributed by atoms with van der Waals surface area (Å²) in [4.78, 5) is 4.30. The van der Waals surface area contributed by atoms with Crippen LogP contribution in [0.25, 0.3) is 11.5 Å². The van der Waals surface area contributed by atoms with Crippen LogP contribution in [0.3, 0.4) is 0 Å². The van der Waals surface area contributed by atoms with Crippen LogP contribution in [0.1, 0.15) is 18.5 Å². The molecule has 0 saturated heterocycles. The Kier molecular flexibility index (Phi) is 3.06. The molecule has 1 aromatic heterocycles. The zero-order chi connectivity index (χ0) is 12.5. The molecule has 0 amide bonds. The zero-order valence-electron chi connectivity index (χ0n) is 9.62. The highest BCUT2D eigenvalue weighted by molar-refractivity contribution is 6.33. The summed E-state index contributed by atoms with van der Waals surface area (Å²) in [5, 5.41) is 3.38. The molecule has 94 valence electrons. The van der Waals surface area contributed by atoms with Gasteiger partial charge in [0.2, 0.25) is 5.89 Å². The number of hydrogen-bond donors (Lipinski definition) is 1. The second-order valence-corrected chi connectivity index (χ2v) is 4.78. The number of nitrogens with one attached hydrogen (secondary N) is 1. The van der Waals surface area contributed by atoms with E-state index in [2.05, 4.69) is 10.3 Å². The van der Waals surface area contributed by atoms with Gasteiger partial charge in [0, 0.05) is 12.6 Å². The standard InChI is InChI=1S/C13H12ClFN2O/c14-12-10(2-1-3-11(12)15)13-17-9(7-18-13)6-16-8-4-5-8/h1-3,7-8,16H,4-6H2. The number of benzene rings is 1. The number of halogens is 2. The van der Waals surface area contributed by atoms with E-state index in [0.29, 0.717) is 24.0 Å². The monoisotopic (exact) mass is 266 g/mol. The van der Waals surface area contributed by atoms with Crippen molar-refractivity contribution < 1.29 is 8.81 Å². The molecule has 18 heavy (non-hydrogen) atoms. The third-order valence-corrected chi connectivity index (χ3v) is 3.27. The Balaban J connectivity index is 1.80. The largest absolute Gasteiger partial charge is 0.444 e. The lowest BCUT2D eigenvalue weighted by Crippen LogP contribution is -2.15. The minimum Gasteiger partial charge on any atom is -0.444 e. The predicted octanol–water partition coefficient (Wildman–Crippen LogP) is 3.39. The Morgan fingerprint density at radius 3 is 3.06 bits per heavy atom. The highest BCUT2D eigenvalue weighted by Crippen LogP contribution is 2.29. The average molecular weight is 267 g/mol. The topological polar surface area (TPSA) is 38.1 Å². The highest BCUT2D eigenvalue weighted by Gasteiger charge is 2.21. The van der Waals surface area contributed by atoms with E-state index in [9.17, 15) is 4.39 Å². The Morgan fingerprint density at radius 2 is 2.28 bits per heavy atom. The number of aromatic nitrogens is 1. The fourth-order valence-corrected chi connectivity index (χ4v) is 1.92. The normalized spacial score (nSPS) is 15.0. The highest BCUT2D eigenvalue weighted by atomic mass is 35.5. The van der Waals surface area contributed by atoms with Crippen molar-refractivity contribution in [3.63, 3.8) is 0 Å². The van der Waals surface area contributed by atoms with Crippen molar-refractivity contribution in [3.05, 3.63) is 41.0 Å². The van der Waals surface area contributed by atoms with E-state index >= 15 is 0 Å². The molecule has 0 spiro atoms. The van der Waals surface area contributed by atoms with E-state index < -0.39 is 5.82 Å². The average Bonchev–Trinajstić information content (AvgIpc) is 3.08. The van der Waals surface area contributed by atoms with Crippen LogP contribution >= 0.6 is 11.6 Å². The fraction of sp³-hybridized carbons (Fsp3) is 0.308. The van der Waals surface area contributed by atoms with Gasteiger partial charge in [-0.05, 0) is 25.0 Å². The van der Waals surface area contributed by atoms with E-state index in [1.807, 2.05) is 0 Å². The molecule has 0 radical (unpaired) electrons. The SMILES string of the molecule is Fc1cccc(-c2nc(CNC3CC3)co2)c1Cl. The van der Waals surface area contributed by atoms with E-state index in [0.717, 1.165) is 5.69 Å². The number of hydrogen-bond acceptors (Lipinski definition) is 3. The van der Waals surface area contributed by atoms with Crippen molar-refractivity contribution in [1.82, 2.24) is 10.3 Å². The van der Waals surface area contributed by atoms with Gasteiger partial charge in [-0.25, -0.2) is 9.37 Å². The van der Waals surface area contributed by atoms with Gasteiger partial charge < -0.3 is 9.73 Å². The minimum atomic E-state index is -0.468. The van der Waals surface area contributed by atoms with Gasteiger partial charge in [0.15, 0.2) is 0 Å². The summed E-state index contributed by atoms with van der Waals surface area (Å²) in [5.41, 5.74) is 1.28. The van der Waals surface area contributed by atoms with Crippen LogP contribution in [0, 0.1) is 5.82 Å². The number of nitrogens with zero attached hydrogens (tertiary/aromatic N) is 1. The van der Waals surface area contributed by atoms with Crippen LogP contribution in [0.5, 0.6) is 0 Å². The molecular formula is C13H12ClFN2O. The maximum Gasteiger partial charge on any atom is 0.227 e. The third-order valence-electron chi connectivity index (χ3n) is 2.88. The van der Waals surface area contributed by atoms with Gasteiger partial charge in [-0.3, -0.25) is 0 Å². The molecule has 3 nitrogen and oxygen atoms in total. The predicted molar refractivity (Wildman–Crippen MR) is 66.8 cm³/mol. The molecule has 1 saturated carbocycles. The van der Waals surface area contributed by atoms with Crippen molar-refractivity contribution >= 4 is 11.6 Å². The zero-order valence-corrected chi connectivity index (χ0v) is 10.4. The van der Waals surface area contributed by atoms with Gasteiger partial charge in [-0.1, -0.05) is 17.7 Å². The smallest absolute Gasteiger partial charge is 0.227 e. The molecule has 1 aromatic carbocycles. The van der Waals surface area contributed by atoms with Crippen LogP contribution in [0.2, 0.25) is 5.02 Å². The van der Waals surface area contributed by atoms with Gasteiger partial charge in [0.1, 0.15) is 12.1 Å². The lowest BCUT2D eigenvalue weighted by Gasteiger charge is -2.00. The molecule has 5 heteroatoms. The summed E-state index contributed by atoms with van der Waals surface area (Å²) in [7, 11) is 0. The molecule has 1 aliphatic carbocycles. The summed E-state index contributed by atoms with van der Waals surface area (Å²) < 4.78 is 18.7. The number of oxazole rings is 1. The number of rotatable bonds is 4. The first-order chi connectivity index (χ1) is 8.74. The minimum absolute atomic E-state index is 0.0426. The van der Waals surface area contributed by atoms with Crippen molar-refractivity contribution in [3.8, 4) is 11.5 Å². The summed E-state index contributed by atoms with van der Waals surface area (Å²) in [6.07, 6.45) is 4.02. The van der Waals surface area contributed by atoms with Gasteiger partial charge in [-0.15, -0.1) is 0 Å². The van der Waals surface area contributed by atoms with E-state index in [1.54, 1.807) is 18.4 Å². The van der Waals surface area contributed by atoms with Gasteiger partial charge in [0.25, 0.3) is 0 Å². The molecule has 0 atom stereocenters. The third kappa shape index (κ3) is 2.40. The van der Waals surface area contributed by atoms with Crippen molar-refractivity contribution in [2.24, 2.45) is 0 Å². The van der Waals surface area contributed by atoms with Crippen molar-refractivity contribution in [2.75, 3.05) is 0 Å². The van der Waals surface area contributed by atoms with Crippen LogP contribution in [0.4, 0.5) is 4.39 Å². The van der Waals surface area contributed by atoms with Crippen LogP contribution in [0.15, 0.2) is 28.9 Å². The van der Waals surface area contributed by atoms with E-state index in [4.69, 9.17) is 16.0 Å². The first kappa shape index (κ1) is 11.7. The summed E-state index contributed by atoms with van der Waals surface area (Å²) in [6, 6.07) is 5.20. The Hall–Kier alpha value is -1.39. The molecule has 0 aliphatic heterocycles. The summed E-state index contributed by atoms with van der Waals surface area (Å²) in [5.74, 6) is -0.114. The first-order valence-corrected chi connectivity index (χ1v) is 6.24. The van der Waals surface area contributed by atoms with Crippen molar-refractivity contribution in [2.45, 2.75) is 25.4 Å². The Labute approximate surface area is 109 Å². The molecule has 3 rings (SSSR count). The van der Waals surface area contributed by atoms with Crippen molar-refractivity contribution in [1.29, 1.82) is 0 Å². The van der Waals surface area contributed by atoms with Gasteiger partial charge in [0.05, 0.1) is 16.3 Å². The Morgan fingerprint density at radius 1 is 1.44 bits per heavy atom. The second kappa shape index (κ2) is 4.71. The lowest BCUT2D eigenvalue weighted by molar-refractivity contribution is 0.568. The van der Waals surface area contributed by atoms with Crippen LogP contribution < -0.4 is 5.32 Å². The van der Waals surface area contributed by atoms with Crippen LogP contribution in [-0.2, 0) is 6.54 Å². The molecule has 1 heterocycles. The summed E-state index contributed by atoms with van der Waals surface area (Å²) >= 11 is 5.88. The first-order valence-electron chi connectivity index (χ1n) is 5.86. The maximum absolute atomic E-state index is 13.3. The fourth-order valence-electron chi connectivity index (χ4n) is 1.72. The molecule has 1 fully saturated rings. The van der Waals surface area contributed by atoms with Gasteiger partial charge >= 0.3 is 0 Å². The lowest BCUT2D eigenvalue weighted by atomic mass is 10.2. The molecule has 0 unspecified atom stereocenters. The molecule has 2 aromatic rings. The molecular weight excluding hydrogens is 255 g/mol. The molecule has 1 aliphatic rings. The van der Waals surface area contributed by atoms with E-state index in [-0.39, 0.29) is 5.02 Å². The second-order valence-electron chi connectivity index (χ2n) is 4.40. The summed E-state index contributed by atoms with van der Waals surface area (Å²) in [6.45, 7) is 0.668. The van der Waals surface area contributed by atoms with Gasteiger partial charge in [-0.2, -0.15) is 0 Å². The maximum atomic E-state index is 13.3. The molecule has 1 N–H and O–H groups in total.